The second kappa shape index (κ2) is 4.56. The number of fused-ring (bicyclic) bond motifs is 2. The summed E-state index contributed by atoms with van der Waals surface area (Å²) in [6.07, 6.45) is 0. The summed E-state index contributed by atoms with van der Waals surface area (Å²) in [6.45, 7) is 0. The normalized spacial score (nSPS) is 12.6. The second-order valence-electron chi connectivity index (χ2n) is 4.64. The number of ketones is 2. The molecule has 0 fully saturated rings. The molecule has 0 radical (unpaired) electrons. The van der Waals surface area contributed by atoms with Gasteiger partial charge in [-0.1, -0.05) is 0 Å². The van der Waals surface area contributed by atoms with E-state index in [0.29, 0.717) is 0 Å². The summed E-state index contributed by atoms with van der Waals surface area (Å²) in [5, 5.41) is 9.48. The standard InChI is InChI=1S/C16H10O5/c1-21-16(20)8-2-4-10-12(6-8)15(19)13-7-9(17)3-5-11(13)14(10)18/h2-7,17H,1H3. The maximum absolute atomic E-state index is 12.5. The van der Waals surface area contributed by atoms with Crippen molar-refractivity contribution in [1.29, 1.82) is 0 Å². The number of phenols is 1. The number of carbonyl (C=O) groups excluding carboxylic acids is 3. The first-order valence-electron chi connectivity index (χ1n) is 6.17. The van der Waals surface area contributed by atoms with Crippen molar-refractivity contribution in [3.63, 3.8) is 0 Å². The number of benzene rings is 2. The van der Waals surface area contributed by atoms with E-state index >= 15 is 0 Å². The Kier molecular flexibility index (Phi) is 2.83. The Morgan fingerprint density at radius 2 is 1.48 bits per heavy atom. The van der Waals surface area contributed by atoms with Gasteiger partial charge in [-0.15, -0.1) is 0 Å². The zero-order valence-electron chi connectivity index (χ0n) is 11.0. The summed E-state index contributed by atoms with van der Waals surface area (Å²) in [4.78, 5) is 36.3. The van der Waals surface area contributed by atoms with E-state index in [9.17, 15) is 19.5 Å². The molecule has 1 aliphatic rings. The molecule has 3 rings (SSSR count). The van der Waals surface area contributed by atoms with Crippen LogP contribution in [-0.4, -0.2) is 29.8 Å². The van der Waals surface area contributed by atoms with E-state index in [4.69, 9.17) is 0 Å². The molecule has 0 bridgehead atoms. The van der Waals surface area contributed by atoms with E-state index in [-0.39, 0.29) is 39.4 Å². The van der Waals surface area contributed by atoms with Crippen molar-refractivity contribution in [3.05, 3.63) is 64.2 Å². The maximum Gasteiger partial charge on any atom is 0.337 e. The third kappa shape index (κ3) is 1.90. The fraction of sp³-hybridized carbons (Fsp3) is 0.0625. The Labute approximate surface area is 119 Å². The van der Waals surface area contributed by atoms with E-state index in [1.807, 2.05) is 0 Å². The highest BCUT2D eigenvalue weighted by Crippen LogP contribution is 2.30. The van der Waals surface area contributed by atoms with Gasteiger partial charge in [0.2, 0.25) is 0 Å². The van der Waals surface area contributed by atoms with Crippen LogP contribution in [0.2, 0.25) is 0 Å². The van der Waals surface area contributed by atoms with Gasteiger partial charge in [-0.3, -0.25) is 9.59 Å². The van der Waals surface area contributed by atoms with E-state index < -0.39 is 11.8 Å². The molecule has 0 aliphatic heterocycles. The van der Waals surface area contributed by atoms with Crippen LogP contribution >= 0.6 is 0 Å². The molecule has 5 heteroatoms. The molecule has 104 valence electrons. The summed E-state index contributed by atoms with van der Waals surface area (Å²) in [7, 11) is 1.24. The highest BCUT2D eigenvalue weighted by atomic mass is 16.5. The molecular formula is C16H10O5. The van der Waals surface area contributed by atoms with E-state index in [1.54, 1.807) is 0 Å². The van der Waals surface area contributed by atoms with Crippen LogP contribution in [0.4, 0.5) is 0 Å². The summed E-state index contributed by atoms with van der Waals surface area (Å²) in [6, 6.07) is 8.26. The quantitative estimate of drug-likeness (QED) is 0.690. The molecule has 0 atom stereocenters. The summed E-state index contributed by atoms with van der Waals surface area (Å²) >= 11 is 0. The largest absolute Gasteiger partial charge is 0.508 e. The molecular weight excluding hydrogens is 272 g/mol. The minimum Gasteiger partial charge on any atom is -0.508 e. The molecule has 1 N–H and O–H groups in total. The fourth-order valence-electron chi connectivity index (χ4n) is 2.38. The smallest absolute Gasteiger partial charge is 0.337 e. The van der Waals surface area contributed by atoms with Crippen molar-refractivity contribution in [3.8, 4) is 5.75 Å². The first-order chi connectivity index (χ1) is 10.0. The first kappa shape index (κ1) is 13.1. The van der Waals surface area contributed by atoms with Crippen LogP contribution in [0.1, 0.15) is 42.2 Å². The molecule has 5 nitrogen and oxygen atoms in total. The highest BCUT2D eigenvalue weighted by Gasteiger charge is 2.30. The molecule has 0 heterocycles. The number of carbonyl (C=O) groups is 3. The molecule has 1 aliphatic carbocycles. The maximum atomic E-state index is 12.5. The van der Waals surface area contributed by atoms with Gasteiger partial charge < -0.3 is 9.84 Å². The molecule has 21 heavy (non-hydrogen) atoms. The van der Waals surface area contributed by atoms with Gasteiger partial charge in [-0.25, -0.2) is 4.79 Å². The van der Waals surface area contributed by atoms with Gasteiger partial charge in [0.05, 0.1) is 12.7 Å². The van der Waals surface area contributed by atoms with Gasteiger partial charge in [0.25, 0.3) is 0 Å². The summed E-state index contributed by atoms with van der Waals surface area (Å²) in [5.74, 6) is -1.39. The molecule has 0 unspecified atom stereocenters. The number of rotatable bonds is 1. The van der Waals surface area contributed by atoms with Crippen LogP contribution in [0, 0.1) is 0 Å². The van der Waals surface area contributed by atoms with Crippen molar-refractivity contribution in [1.82, 2.24) is 0 Å². The van der Waals surface area contributed by atoms with Crippen LogP contribution < -0.4 is 0 Å². The average Bonchev–Trinajstić information content (AvgIpc) is 2.51. The highest BCUT2D eigenvalue weighted by molar-refractivity contribution is 6.28. The molecule has 0 amide bonds. The lowest BCUT2D eigenvalue weighted by atomic mass is 9.83. The molecule has 0 saturated carbocycles. The SMILES string of the molecule is COC(=O)c1ccc2c(c1)C(=O)c1cc(O)ccc1C2=O. The van der Waals surface area contributed by atoms with Crippen LogP contribution in [0.15, 0.2) is 36.4 Å². The van der Waals surface area contributed by atoms with Crippen LogP contribution in [0.3, 0.4) is 0 Å². The van der Waals surface area contributed by atoms with Gasteiger partial charge in [-0.05, 0) is 36.4 Å². The zero-order chi connectivity index (χ0) is 15.1. The minimum absolute atomic E-state index is 0.0949. The molecule has 0 saturated heterocycles. The number of esters is 1. The van der Waals surface area contributed by atoms with Crippen LogP contribution in [-0.2, 0) is 4.74 Å². The Bertz CT molecular complexity index is 804. The molecule has 0 spiro atoms. The number of hydrogen-bond donors (Lipinski definition) is 1. The molecule has 2 aromatic carbocycles. The number of phenolic OH excluding ortho intramolecular Hbond substituents is 1. The van der Waals surface area contributed by atoms with Crippen molar-refractivity contribution in [2.24, 2.45) is 0 Å². The number of ether oxygens (including phenoxy) is 1. The summed E-state index contributed by atoms with van der Waals surface area (Å²) < 4.78 is 4.60. The Balaban J connectivity index is 2.21. The van der Waals surface area contributed by atoms with Crippen LogP contribution in [0.5, 0.6) is 5.75 Å². The van der Waals surface area contributed by atoms with Gasteiger partial charge in [-0.2, -0.15) is 0 Å². The first-order valence-corrected chi connectivity index (χ1v) is 6.17. The Morgan fingerprint density at radius 1 is 0.905 bits per heavy atom. The van der Waals surface area contributed by atoms with Crippen molar-refractivity contribution in [2.75, 3.05) is 7.11 Å². The average molecular weight is 282 g/mol. The molecule has 2 aromatic rings. The zero-order valence-corrected chi connectivity index (χ0v) is 11.0. The van der Waals surface area contributed by atoms with Gasteiger partial charge in [0.15, 0.2) is 11.6 Å². The summed E-state index contributed by atoms with van der Waals surface area (Å²) in [5.41, 5.74) is 0.957. The Morgan fingerprint density at radius 3 is 2.14 bits per heavy atom. The number of hydrogen-bond acceptors (Lipinski definition) is 5. The lowest BCUT2D eigenvalue weighted by molar-refractivity contribution is 0.0600. The fourth-order valence-corrected chi connectivity index (χ4v) is 2.38. The van der Waals surface area contributed by atoms with Gasteiger partial charge >= 0.3 is 5.97 Å². The van der Waals surface area contributed by atoms with E-state index in [0.717, 1.165) is 0 Å². The van der Waals surface area contributed by atoms with E-state index in [1.165, 1.54) is 43.5 Å². The lowest BCUT2D eigenvalue weighted by Gasteiger charge is -2.18. The lowest BCUT2D eigenvalue weighted by Crippen LogP contribution is -2.21. The predicted octanol–water partition coefficient (Wildman–Crippen LogP) is 1.95. The Hall–Kier alpha value is -2.95. The second-order valence-corrected chi connectivity index (χ2v) is 4.64. The molecule has 0 aromatic heterocycles. The predicted molar refractivity (Wildman–Crippen MR) is 72.8 cm³/mol. The van der Waals surface area contributed by atoms with Crippen LogP contribution in [0.25, 0.3) is 0 Å². The van der Waals surface area contributed by atoms with Crippen molar-refractivity contribution >= 4 is 17.5 Å². The minimum atomic E-state index is -0.584. The number of aromatic hydroxyl groups is 1. The van der Waals surface area contributed by atoms with E-state index in [2.05, 4.69) is 4.74 Å². The third-order valence-corrected chi connectivity index (χ3v) is 3.42. The van der Waals surface area contributed by atoms with Crippen molar-refractivity contribution < 1.29 is 24.2 Å². The van der Waals surface area contributed by atoms with Crippen molar-refractivity contribution in [2.45, 2.75) is 0 Å². The third-order valence-electron chi connectivity index (χ3n) is 3.42. The van der Waals surface area contributed by atoms with Gasteiger partial charge in [0, 0.05) is 22.3 Å². The topological polar surface area (TPSA) is 80.7 Å². The van der Waals surface area contributed by atoms with Gasteiger partial charge in [0.1, 0.15) is 5.75 Å². The monoisotopic (exact) mass is 282 g/mol. The number of methoxy groups -OCH3 is 1.